The number of benzene rings is 2. The van der Waals surface area contributed by atoms with Crippen LogP contribution in [0, 0.1) is 0 Å². The van der Waals surface area contributed by atoms with Crippen molar-refractivity contribution in [3.63, 3.8) is 0 Å². The maximum atomic E-state index is 13.7. The van der Waals surface area contributed by atoms with E-state index in [4.69, 9.17) is 4.42 Å². The van der Waals surface area contributed by atoms with E-state index in [2.05, 4.69) is 41.7 Å². The molecule has 5 rings (SSSR count). The van der Waals surface area contributed by atoms with Crippen molar-refractivity contribution in [2.45, 2.75) is 32.2 Å². The number of nitrogens with zero attached hydrogens (tertiary/aromatic N) is 2. The molecule has 1 amide bonds. The molecular formula is C28H23BrN2O4. The van der Waals surface area contributed by atoms with Crippen molar-refractivity contribution in [1.82, 2.24) is 4.98 Å². The van der Waals surface area contributed by atoms with E-state index >= 15 is 0 Å². The first-order chi connectivity index (χ1) is 16.6. The van der Waals surface area contributed by atoms with E-state index in [1.807, 2.05) is 36.4 Å². The summed E-state index contributed by atoms with van der Waals surface area (Å²) in [5.41, 5.74) is 2.71. The average Bonchev–Trinajstić information content (AvgIpc) is 3.37. The van der Waals surface area contributed by atoms with Crippen LogP contribution in [0.25, 0.3) is 11.0 Å². The zero-order valence-electron chi connectivity index (χ0n) is 19.4. The molecule has 0 aliphatic carbocycles. The number of Topliss-reactive ketones (excluding diaryl/α,β-unsaturated/α-hetero) is 1. The van der Waals surface area contributed by atoms with Gasteiger partial charge in [-0.15, -0.1) is 0 Å². The van der Waals surface area contributed by atoms with Crippen LogP contribution in [-0.4, -0.2) is 21.8 Å². The number of hydrogen-bond donors (Lipinski definition) is 1. The van der Waals surface area contributed by atoms with Gasteiger partial charge in [0.25, 0.3) is 5.91 Å². The third kappa shape index (κ3) is 4.06. The number of furan rings is 1. The van der Waals surface area contributed by atoms with Crippen LogP contribution in [0.5, 0.6) is 0 Å². The minimum absolute atomic E-state index is 0.0407. The molecule has 1 atom stereocenters. The first kappa shape index (κ1) is 23.1. The van der Waals surface area contributed by atoms with Gasteiger partial charge in [-0.2, -0.15) is 0 Å². The Hall–Kier alpha value is -3.71. The minimum Gasteiger partial charge on any atom is -0.503 e. The first-order valence-electron chi connectivity index (χ1n) is 11.2. The minimum atomic E-state index is -0.857. The van der Waals surface area contributed by atoms with Crippen LogP contribution < -0.4 is 4.90 Å². The maximum Gasteiger partial charge on any atom is 0.294 e. The fourth-order valence-corrected chi connectivity index (χ4v) is 4.72. The van der Waals surface area contributed by atoms with Gasteiger partial charge >= 0.3 is 0 Å². The molecule has 2 aromatic heterocycles. The number of halogens is 1. The topological polar surface area (TPSA) is 83.6 Å². The first-order valence-corrected chi connectivity index (χ1v) is 12.0. The van der Waals surface area contributed by atoms with Crippen LogP contribution in [0.1, 0.15) is 48.5 Å². The van der Waals surface area contributed by atoms with Gasteiger partial charge in [-0.05, 0) is 59.0 Å². The molecule has 1 N–H and O–H groups in total. The number of ketones is 1. The molecule has 0 bridgehead atoms. The molecule has 7 heteroatoms. The zero-order valence-corrected chi connectivity index (χ0v) is 21.0. The third-order valence-corrected chi connectivity index (χ3v) is 6.66. The lowest BCUT2D eigenvalue weighted by atomic mass is 9.87. The Kier molecular flexibility index (Phi) is 5.60. The monoisotopic (exact) mass is 530 g/mol. The van der Waals surface area contributed by atoms with Gasteiger partial charge in [0.1, 0.15) is 5.58 Å². The third-order valence-electron chi connectivity index (χ3n) is 6.17. The number of aromatic nitrogens is 1. The Labute approximate surface area is 211 Å². The SMILES string of the molecule is CC(C)(C)c1ccc(N2C(=O)C(O)=C(C(=O)c3cc4cc(Br)ccc4o3)C2c2cccnc2)cc1. The molecule has 0 saturated heterocycles. The summed E-state index contributed by atoms with van der Waals surface area (Å²) in [5.74, 6) is -1.74. The molecule has 0 fully saturated rings. The maximum absolute atomic E-state index is 13.7. The van der Waals surface area contributed by atoms with Crippen molar-refractivity contribution in [3.05, 3.63) is 106 Å². The summed E-state index contributed by atoms with van der Waals surface area (Å²) in [4.78, 5) is 32.6. The highest BCUT2D eigenvalue weighted by Gasteiger charge is 2.45. The van der Waals surface area contributed by atoms with Crippen LogP contribution in [0.2, 0.25) is 0 Å². The smallest absolute Gasteiger partial charge is 0.294 e. The molecule has 1 aliphatic rings. The van der Waals surface area contributed by atoms with E-state index in [1.54, 1.807) is 36.7 Å². The summed E-state index contributed by atoms with van der Waals surface area (Å²) in [6, 6.07) is 17.3. The van der Waals surface area contributed by atoms with E-state index in [-0.39, 0.29) is 16.7 Å². The van der Waals surface area contributed by atoms with Gasteiger partial charge in [0.05, 0.1) is 11.6 Å². The van der Waals surface area contributed by atoms with E-state index in [0.717, 1.165) is 15.4 Å². The lowest BCUT2D eigenvalue weighted by Gasteiger charge is -2.27. The summed E-state index contributed by atoms with van der Waals surface area (Å²) >= 11 is 3.42. The standard InChI is InChI=1S/C28H23BrN2O4/c1-28(2,3)18-6-9-20(10-7-18)31-24(16-5-4-12-30-15-16)23(26(33)27(31)34)25(32)22-14-17-13-19(29)8-11-21(17)35-22/h4-15,24,33H,1-3H3. The van der Waals surface area contributed by atoms with E-state index in [9.17, 15) is 14.7 Å². The average molecular weight is 531 g/mol. The molecule has 2 aromatic carbocycles. The molecular weight excluding hydrogens is 508 g/mol. The van der Waals surface area contributed by atoms with Crippen molar-refractivity contribution in [1.29, 1.82) is 0 Å². The summed E-state index contributed by atoms with van der Waals surface area (Å²) in [6.45, 7) is 6.33. The predicted octanol–water partition coefficient (Wildman–Crippen LogP) is 6.67. The van der Waals surface area contributed by atoms with E-state index in [0.29, 0.717) is 16.8 Å². The number of rotatable bonds is 4. The second kappa shape index (κ2) is 8.50. The number of pyridine rings is 1. The van der Waals surface area contributed by atoms with Crippen LogP contribution in [0.3, 0.4) is 0 Å². The highest BCUT2D eigenvalue weighted by Crippen LogP contribution is 2.42. The number of fused-ring (bicyclic) bond motifs is 1. The molecule has 35 heavy (non-hydrogen) atoms. The zero-order chi connectivity index (χ0) is 24.9. The molecule has 0 saturated carbocycles. The predicted molar refractivity (Wildman–Crippen MR) is 138 cm³/mol. The number of aliphatic hydroxyl groups is 1. The number of aliphatic hydroxyl groups excluding tert-OH is 1. The molecule has 6 nitrogen and oxygen atoms in total. The largest absolute Gasteiger partial charge is 0.503 e. The molecule has 176 valence electrons. The molecule has 0 spiro atoms. The van der Waals surface area contributed by atoms with Crippen molar-refractivity contribution in [2.75, 3.05) is 4.90 Å². The van der Waals surface area contributed by atoms with Crippen LogP contribution in [0.4, 0.5) is 5.69 Å². The molecule has 1 unspecified atom stereocenters. The normalized spacial score (nSPS) is 16.4. The summed E-state index contributed by atoms with van der Waals surface area (Å²) in [7, 11) is 0. The van der Waals surface area contributed by atoms with Crippen molar-refractivity contribution in [3.8, 4) is 0 Å². The van der Waals surface area contributed by atoms with E-state index < -0.39 is 23.5 Å². The van der Waals surface area contributed by atoms with Gasteiger partial charge in [0.15, 0.2) is 11.5 Å². The number of carbonyl (C=O) groups excluding carboxylic acids is 2. The molecule has 4 aromatic rings. The second-order valence-corrected chi connectivity index (χ2v) is 10.5. The summed E-state index contributed by atoms with van der Waals surface area (Å²) < 4.78 is 6.65. The van der Waals surface area contributed by atoms with Gasteiger partial charge in [0, 0.05) is 27.9 Å². The number of amides is 1. The summed E-state index contributed by atoms with van der Waals surface area (Å²) in [5, 5.41) is 11.7. The molecule has 1 aliphatic heterocycles. The Balaban J connectivity index is 1.62. The number of carbonyl (C=O) groups is 2. The Morgan fingerprint density at radius 2 is 1.83 bits per heavy atom. The highest BCUT2D eigenvalue weighted by atomic mass is 79.9. The van der Waals surface area contributed by atoms with Crippen LogP contribution in [0.15, 0.2) is 93.3 Å². The fraction of sp³-hybridized carbons (Fsp3) is 0.179. The lowest BCUT2D eigenvalue weighted by molar-refractivity contribution is -0.117. The molecule has 3 heterocycles. The van der Waals surface area contributed by atoms with Crippen molar-refractivity contribution >= 4 is 44.3 Å². The van der Waals surface area contributed by atoms with Gasteiger partial charge < -0.3 is 9.52 Å². The van der Waals surface area contributed by atoms with Crippen molar-refractivity contribution < 1.29 is 19.1 Å². The quantitative estimate of drug-likeness (QED) is 0.298. The molecule has 0 radical (unpaired) electrons. The fourth-order valence-electron chi connectivity index (χ4n) is 4.34. The lowest BCUT2D eigenvalue weighted by Crippen LogP contribution is -2.31. The van der Waals surface area contributed by atoms with Gasteiger partial charge in [-0.1, -0.05) is 54.9 Å². The Morgan fingerprint density at radius 1 is 1.09 bits per heavy atom. The number of hydrogen-bond acceptors (Lipinski definition) is 5. The Bertz CT molecular complexity index is 1480. The Morgan fingerprint density at radius 3 is 2.49 bits per heavy atom. The van der Waals surface area contributed by atoms with Gasteiger partial charge in [-0.25, -0.2) is 0 Å². The summed E-state index contributed by atoms with van der Waals surface area (Å²) in [6.07, 6.45) is 3.21. The number of anilines is 1. The van der Waals surface area contributed by atoms with E-state index in [1.165, 1.54) is 4.90 Å². The van der Waals surface area contributed by atoms with Crippen LogP contribution in [-0.2, 0) is 10.2 Å². The van der Waals surface area contributed by atoms with Crippen LogP contribution >= 0.6 is 15.9 Å². The van der Waals surface area contributed by atoms with Gasteiger partial charge in [0.2, 0.25) is 5.78 Å². The van der Waals surface area contributed by atoms with Crippen molar-refractivity contribution in [2.24, 2.45) is 0 Å². The highest BCUT2D eigenvalue weighted by molar-refractivity contribution is 9.10. The van der Waals surface area contributed by atoms with Gasteiger partial charge in [-0.3, -0.25) is 19.5 Å². The second-order valence-electron chi connectivity index (χ2n) is 9.55.